The van der Waals surface area contributed by atoms with Gasteiger partial charge in [0.15, 0.2) is 0 Å². The van der Waals surface area contributed by atoms with Gasteiger partial charge in [-0.1, -0.05) is 12.2 Å². The Morgan fingerprint density at radius 1 is 1.64 bits per heavy atom. The molecule has 11 heavy (non-hydrogen) atoms. The molecule has 0 fully saturated rings. The molecule has 0 radical (unpaired) electrons. The lowest BCUT2D eigenvalue weighted by atomic mass is 10.2. The maximum atomic E-state index is 10.4. The summed E-state index contributed by atoms with van der Waals surface area (Å²) in [5.41, 5.74) is 0.673. The van der Waals surface area contributed by atoms with E-state index in [9.17, 15) is 4.79 Å². The number of methoxy groups -OCH3 is 1. The van der Waals surface area contributed by atoms with Crippen LogP contribution in [0.1, 0.15) is 6.42 Å². The van der Waals surface area contributed by atoms with E-state index in [1.165, 1.54) is 0 Å². The highest BCUT2D eigenvalue weighted by molar-refractivity contribution is 5.78. The Balaban J connectivity index is 2.85. The molecule has 2 nitrogen and oxygen atoms in total. The standard InChI is InChI=1S/C9H10O2/c1-11-9-5-3-2-4-8(6-9)7-10/h3-7H,2H2,1H3. The number of carbonyl (C=O) groups excluding carboxylic acids is 1. The fraction of sp³-hybridized carbons (Fsp3) is 0.222. The maximum Gasteiger partial charge on any atom is 0.149 e. The van der Waals surface area contributed by atoms with E-state index in [2.05, 4.69) is 0 Å². The van der Waals surface area contributed by atoms with E-state index < -0.39 is 0 Å². The minimum Gasteiger partial charge on any atom is -0.497 e. The molecular formula is C9H10O2. The largest absolute Gasteiger partial charge is 0.497 e. The number of aldehydes is 1. The molecule has 58 valence electrons. The molecule has 0 spiro atoms. The van der Waals surface area contributed by atoms with Crippen LogP contribution in [-0.4, -0.2) is 13.4 Å². The van der Waals surface area contributed by atoms with Gasteiger partial charge in [-0.2, -0.15) is 0 Å². The second-order valence-electron chi connectivity index (χ2n) is 2.21. The SMILES string of the molecule is COC1=CC(C=O)=CCC=C1. The molecule has 0 saturated carbocycles. The van der Waals surface area contributed by atoms with Gasteiger partial charge in [-0.25, -0.2) is 0 Å². The number of hydrogen-bond donors (Lipinski definition) is 0. The van der Waals surface area contributed by atoms with E-state index in [-0.39, 0.29) is 0 Å². The average Bonchev–Trinajstić information content (AvgIpc) is 2.28. The van der Waals surface area contributed by atoms with Crippen LogP contribution in [0.2, 0.25) is 0 Å². The van der Waals surface area contributed by atoms with Crippen molar-refractivity contribution < 1.29 is 9.53 Å². The molecule has 0 aromatic rings. The molecule has 1 rings (SSSR count). The Morgan fingerprint density at radius 2 is 2.45 bits per heavy atom. The molecule has 0 N–H and O–H groups in total. The summed E-state index contributed by atoms with van der Waals surface area (Å²) in [5, 5.41) is 0. The van der Waals surface area contributed by atoms with Crippen LogP contribution in [-0.2, 0) is 9.53 Å². The fourth-order valence-corrected chi connectivity index (χ4v) is 0.869. The predicted octanol–water partition coefficient (Wildman–Crippen LogP) is 1.60. The highest BCUT2D eigenvalue weighted by Crippen LogP contribution is 2.09. The van der Waals surface area contributed by atoms with E-state index in [0.29, 0.717) is 5.57 Å². The fourth-order valence-electron chi connectivity index (χ4n) is 0.869. The summed E-state index contributed by atoms with van der Waals surface area (Å²) >= 11 is 0. The van der Waals surface area contributed by atoms with Crippen LogP contribution in [0.5, 0.6) is 0 Å². The van der Waals surface area contributed by atoms with Crippen LogP contribution >= 0.6 is 0 Å². The summed E-state index contributed by atoms with van der Waals surface area (Å²) < 4.78 is 4.98. The molecule has 0 aliphatic heterocycles. The molecular weight excluding hydrogens is 140 g/mol. The van der Waals surface area contributed by atoms with Gasteiger partial charge in [0.25, 0.3) is 0 Å². The molecule has 0 aromatic heterocycles. The number of ether oxygens (including phenoxy) is 1. The van der Waals surface area contributed by atoms with Crippen molar-refractivity contribution in [3.05, 3.63) is 35.6 Å². The van der Waals surface area contributed by atoms with E-state index in [1.54, 1.807) is 13.2 Å². The number of carbonyl (C=O) groups is 1. The lowest BCUT2D eigenvalue weighted by molar-refractivity contribution is -0.104. The number of rotatable bonds is 2. The monoisotopic (exact) mass is 150 g/mol. The van der Waals surface area contributed by atoms with Gasteiger partial charge in [-0.3, -0.25) is 4.79 Å². The summed E-state index contributed by atoms with van der Waals surface area (Å²) in [6, 6.07) is 0. The quantitative estimate of drug-likeness (QED) is 0.559. The molecule has 0 heterocycles. The van der Waals surface area contributed by atoms with Crippen molar-refractivity contribution in [3.8, 4) is 0 Å². The Morgan fingerprint density at radius 3 is 3.09 bits per heavy atom. The third kappa shape index (κ3) is 2.08. The Bertz CT molecular complexity index is 234. The smallest absolute Gasteiger partial charge is 0.149 e. The highest BCUT2D eigenvalue weighted by atomic mass is 16.5. The van der Waals surface area contributed by atoms with Crippen molar-refractivity contribution in [1.82, 2.24) is 0 Å². The van der Waals surface area contributed by atoms with Crippen molar-refractivity contribution in [2.75, 3.05) is 7.11 Å². The van der Waals surface area contributed by atoms with Crippen molar-refractivity contribution in [2.45, 2.75) is 6.42 Å². The maximum absolute atomic E-state index is 10.4. The molecule has 0 aromatic carbocycles. The van der Waals surface area contributed by atoms with Gasteiger partial charge in [-0.15, -0.1) is 0 Å². The van der Waals surface area contributed by atoms with Crippen LogP contribution in [0.3, 0.4) is 0 Å². The van der Waals surface area contributed by atoms with Gasteiger partial charge in [-0.05, 0) is 18.6 Å². The summed E-state index contributed by atoms with van der Waals surface area (Å²) in [4.78, 5) is 10.4. The lowest BCUT2D eigenvalue weighted by Gasteiger charge is -1.96. The van der Waals surface area contributed by atoms with Gasteiger partial charge < -0.3 is 4.74 Å². The van der Waals surface area contributed by atoms with Crippen molar-refractivity contribution in [2.24, 2.45) is 0 Å². The minimum atomic E-state index is 0.673. The minimum absolute atomic E-state index is 0.673. The first-order chi connectivity index (χ1) is 5.36. The van der Waals surface area contributed by atoms with Crippen LogP contribution < -0.4 is 0 Å². The molecule has 0 amide bonds. The van der Waals surface area contributed by atoms with E-state index >= 15 is 0 Å². The van der Waals surface area contributed by atoms with Crippen LogP contribution in [0, 0.1) is 0 Å². The van der Waals surface area contributed by atoms with Crippen LogP contribution in [0.25, 0.3) is 0 Å². The Kier molecular flexibility index (Phi) is 2.66. The topological polar surface area (TPSA) is 26.3 Å². The molecule has 1 aliphatic carbocycles. The van der Waals surface area contributed by atoms with Crippen molar-refractivity contribution >= 4 is 6.29 Å². The molecule has 2 heteroatoms. The second kappa shape index (κ2) is 3.76. The molecule has 0 saturated heterocycles. The summed E-state index contributed by atoms with van der Waals surface area (Å²) in [5.74, 6) is 0.723. The second-order valence-corrected chi connectivity index (χ2v) is 2.21. The average molecular weight is 150 g/mol. The highest BCUT2D eigenvalue weighted by Gasteiger charge is 1.96. The van der Waals surface area contributed by atoms with Gasteiger partial charge in [0.1, 0.15) is 12.0 Å². The van der Waals surface area contributed by atoms with E-state index in [1.807, 2.05) is 18.2 Å². The summed E-state index contributed by atoms with van der Waals surface area (Å²) in [6.45, 7) is 0. The summed E-state index contributed by atoms with van der Waals surface area (Å²) in [7, 11) is 1.59. The van der Waals surface area contributed by atoms with E-state index in [0.717, 1.165) is 18.5 Å². The third-order valence-corrected chi connectivity index (χ3v) is 1.45. The van der Waals surface area contributed by atoms with Gasteiger partial charge in [0.05, 0.1) is 7.11 Å². The first-order valence-electron chi connectivity index (χ1n) is 3.44. The van der Waals surface area contributed by atoms with Crippen molar-refractivity contribution in [3.63, 3.8) is 0 Å². The number of allylic oxidation sites excluding steroid dienone is 5. The zero-order valence-electron chi connectivity index (χ0n) is 6.41. The normalized spacial score (nSPS) is 16.5. The van der Waals surface area contributed by atoms with Crippen molar-refractivity contribution in [1.29, 1.82) is 0 Å². The Labute approximate surface area is 65.9 Å². The molecule has 1 aliphatic rings. The van der Waals surface area contributed by atoms with Crippen LogP contribution in [0.4, 0.5) is 0 Å². The third-order valence-electron chi connectivity index (χ3n) is 1.45. The van der Waals surface area contributed by atoms with Gasteiger partial charge in [0, 0.05) is 5.57 Å². The van der Waals surface area contributed by atoms with Crippen LogP contribution in [0.15, 0.2) is 35.6 Å². The van der Waals surface area contributed by atoms with Gasteiger partial charge >= 0.3 is 0 Å². The molecule has 0 bridgehead atoms. The Hall–Kier alpha value is -1.31. The predicted molar refractivity (Wildman–Crippen MR) is 43.0 cm³/mol. The van der Waals surface area contributed by atoms with Gasteiger partial charge in [0.2, 0.25) is 0 Å². The number of hydrogen-bond acceptors (Lipinski definition) is 2. The summed E-state index contributed by atoms with van der Waals surface area (Å²) in [6.07, 6.45) is 8.99. The van der Waals surface area contributed by atoms with E-state index in [4.69, 9.17) is 4.74 Å². The zero-order chi connectivity index (χ0) is 8.10. The molecule has 0 atom stereocenters. The first kappa shape index (κ1) is 7.79. The zero-order valence-corrected chi connectivity index (χ0v) is 6.41. The first-order valence-corrected chi connectivity index (χ1v) is 3.44. The lowest BCUT2D eigenvalue weighted by Crippen LogP contribution is -1.83. The molecule has 0 unspecified atom stereocenters.